The van der Waals surface area contributed by atoms with Crippen LogP contribution in [0.2, 0.25) is 0 Å². The van der Waals surface area contributed by atoms with E-state index in [-0.39, 0.29) is 12.3 Å². The quantitative estimate of drug-likeness (QED) is 0.824. The number of aliphatic carboxylic acids is 1. The highest BCUT2D eigenvalue weighted by Crippen LogP contribution is 2.40. The summed E-state index contributed by atoms with van der Waals surface area (Å²) in [6.07, 6.45) is 0.468. The van der Waals surface area contributed by atoms with Crippen LogP contribution >= 0.6 is 0 Å². The minimum atomic E-state index is -0.823. The lowest BCUT2D eigenvalue weighted by Gasteiger charge is -2.16. The fourth-order valence-electron chi connectivity index (χ4n) is 2.87. The van der Waals surface area contributed by atoms with Crippen LogP contribution in [-0.2, 0) is 17.6 Å². The number of hydrogen-bond acceptors (Lipinski definition) is 2. The lowest BCUT2D eigenvalue weighted by molar-refractivity contribution is -0.136. The molecule has 0 aliphatic heterocycles. The van der Waals surface area contributed by atoms with Gasteiger partial charge in [-0.1, -0.05) is 13.0 Å². The molecule has 2 atom stereocenters. The van der Waals surface area contributed by atoms with Crippen molar-refractivity contribution in [2.24, 2.45) is 5.92 Å². The number of benzene rings is 1. The standard InChI is InChI=1S/C14H18O3/c1-7-4-10-5-8(2)14(17)13(10)9(3)11(7)6-12(15)16/h4,8,14,17H,5-6H2,1-3H3,(H,15,16)/t8-,14-/m1/s1. The van der Waals surface area contributed by atoms with Gasteiger partial charge in [0, 0.05) is 0 Å². The van der Waals surface area contributed by atoms with Crippen LogP contribution in [0.25, 0.3) is 0 Å². The van der Waals surface area contributed by atoms with Crippen LogP contribution < -0.4 is 0 Å². The summed E-state index contributed by atoms with van der Waals surface area (Å²) in [6.45, 7) is 5.89. The number of carboxylic acids is 1. The van der Waals surface area contributed by atoms with Crippen LogP contribution in [0.4, 0.5) is 0 Å². The number of aryl methyl sites for hydroxylation is 1. The molecule has 0 radical (unpaired) electrons. The average molecular weight is 234 g/mol. The highest BCUT2D eigenvalue weighted by atomic mass is 16.4. The third kappa shape index (κ3) is 1.95. The van der Waals surface area contributed by atoms with E-state index in [1.54, 1.807) is 0 Å². The van der Waals surface area contributed by atoms with Crippen LogP contribution in [0, 0.1) is 19.8 Å². The Kier molecular flexibility index (Phi) is 2.96. The molecule has 2 N–H and O–H groups in total. The second-order valence-corrected chi connectivity index (χ2v) is 5.07. The molecule has 3 nitrogen and oxygen atoms in total. The Bertz CT molecular complexity index is 477. The topological polar surface area (TPSA) is 57.5 Å². The van der Waals surface area contributed by atoms with Crippen LogP contribution in [0.3, 0.4) is 0 Å². The summed E-state index contributed by atoms with van der Waals surface area (Å²) in [5, 5.41) is 19.1. The van der Waals surface area contributed by atoms with Crippen LogP contribution in [0.5, 0.6) is 0 Å². The molecule has 1 aromatic rings. The van der Waals surface area contributed by atoms with Crippen molar-refractivity contribution in [2.45, 2.75) is 39.7 Å². The fourth-order valence-corrected chi connectivity index (χ4v) is 2.87. The molecule has 0 unspecified atom stereocenters. The van der Waals surface area contributed by atoms with Crippen molar-refractivity contribution >= 4 is 5.97 Å². The van der Waals surface area contributed by atoms with E-state index in [1.807, 2.05) is 26.8 Å². The number of fused-ring (bicyclic) bond motifs is 1. The Morgan fingerprint density at radius 3 is 2.71 bits per heavy atom. The van der Waals surface area contributed by atoms with E-state index in [4.69, 9.17) is 5.11 Å². The minimum Gasteiger partial charge on any atom is -0.481 e. The lowest BCUT2D eigenvalue weighted by Crippen LogP contribution is -2.08. The summed E-state index contributed by atoms with van der Waals surface area (Å²) in [5.41, 5.74) is 4.96. The summed E-state index contributed by atoms with van der Waals surface area (Å²) in [4.78, 5) is 10.9. The van der Waals surface area contributed by atoms with Crippen molar-refractivity contribution in [2.75, 3.05) is 0 Å². The largest absolute Gasteiger partial charge is 0.481 e. The summed E-state index contributed by atoms with van der Waals surface area (Å²) >= 11 is 0. The van der Waals surface area contributed by atoms with Gasteiger partial charge in [0.05, 0.1) is 12.5 Å². The molecule has 92 valence electrons. The molecule has 0 saturated heterocycles. The SMILES string of the molecule is Cc1cc2c(c(C)c1CC(=O)O)[C@H](O)[C@H](C)C2. The average Bonchev–Trinajstić information content (AvgIpc) is 2.49. The van der Waals surface area contributed by atoms with Gasteiger partial charge in [-0.15, -0.1) is 0 Å². The molecule has 0 bridgehead atoms. The summed E-state index contributed by atoms with van der Waals surface area (Å²) in [6, 6.07) is 2.04. The molecule has 2 rings (SSSR count). The number of hydrogen-bond donors (Lipinski definition) is 2. The van der Waals surface area contributed by atoms with Gasteiger partial charge in [-0.2, -0.15) is 0 Å². The van der Waals surface area contributed by atoms with Crippen molar-refractivity contribution in [3.63, 3.8) is 0 Å². The maximum atomic E-state index is 10.9. The molecule has 0 aromatic heterocycles. The number of carboxylic acid groups (broad SMARTS) is 1. The van der Waals surface area contributed by atoms with Gasteiger partial charge in [0.1, 0.15) is 0 Å². The predicted octanol–water partition coefficient (Wildman–Crippen LogP) is 2.16. The normalized spacial score (nSPS) is 22.6. The van der Waals surface area contributed by atoms with E-state index < -0.39 is 12.1 Å². The van der Waals surface area contributed by atoms with E-state index >= 15 is 0 Å². The Labute approximate surface area is 101 Å². The van der Waals surface area contributed by atoms with Crippen molar-refractivity contribution in [1.29, 1.82) is 0 Å². The molecule has 17 heavy (non-hydrogen) atoms. The minimum absolute atomic E-state index is 0.0338. The zero-order valence-corrected chi connectivity index (χ0v) is 10.4. The van der Waals surface area contributed by atoms with E-state index in [0.29, 0.717) is 0 Å². The van der Waals surface area contributed by atoms with Gasteiger partial charge in [0.25, 0.3) is 0 Å². The maximum Gasteiger partial charge on any atom is 0.307 e. The van der Waals surface area contributed by atoms with E-state index in [1.165, 1.54) is 5.56 Å². The molecule has 1 aliphatic rings. The van der Waals surface area contributed by atoms with Gasteiger partial charge in [0.2, 0.25) is 0 Å². The number of rotatable bonds is 2. The zero-order valence-electron chi connectivity index (χ0n) is 10.4. The molecular formula is C14H18O3. The van der Waals surface area contributed by atoms with Crippen LogP contribution in [0.15, 0.2) is 6.07 Å². The lowest BCUT2D eigenvalue weighted by atomic mass is 9.92. The summed E-state index contributed by atoms with van der Waals surface area (Å²) < 4.78 is 0. The van der Waals surface area contributed by atoms with Crippen LogP contribution in [0.1, 0.15) is 40.8 Å². The molecular weight excluding hydrogens is 216 g/mol. The van der Waals surface area contributed by atoms with Gasteiger partial charge < -0.3 is 10.2 Å². The Balaban J connectivity index is 2.55. The molecule has 3 heteroatoms. The van der Waals surface area contributed by atoms with E-state index in [0.717, 1.165) is 28.7 Å². The summed E-state index contributed by atoms with van der Waals surface area (Å²) in [7, 11) is 0. The fraction of sp³-hybridized carbons (Fsp3) is 0.500. The molecule has 0 amide bonds. The first-order valence-corrected chi connectivity index (χ1v) is 5.93. The predicted molar refractivity (Wildman–Crippen MR) is 65.1 cm³/mol. The second kappa shape index (κ2) is 4.15. The number of aliphatic hydroxyl groups excluding tert-OH is 1. The van der Waals surface area contributed by atoms with Crippen LogP contribution in [-0.4, -0.2) is 16.2 Å². The molecule has 0 heterocycles. The molecule has 0 saturated carbocycles. The number of carbonyl (C=O) groups is 1. The van der Waals surface area contributed by atoms with E-state index in [9.17, 15) is 9.90 Å². The molecule has 0 spiro atoms. The third-order valence-electron chi connectivity index (χ3n) is 3.77. The molecule has 1 aliphatic carbocycles. The zero-order chi connectivity index (χ0) is 12.7. The Hall–Kier alpha value is -1.35. The summed E-state index contributed by atoms with van der Waals surface area (Å²) in [5.74, 6) is -0.597. The first-order chi connectivity index (χ1) is 7.91. The van der Waals surface area contributed by atoms with Crippen molar-refractivity contribution in [3.8, 4) is 0 Å². The molecule has 0 fully saturated rings. The smallest absolute Gasteiger partial charge is 0.307 e. The monoisotopic (exact) mass is 234 g/mol. The third-order valence-corrected chi connectivity index (χ3v) is 3.77. The van der Waals surface area contributed by atoms with Crippen molar-refractivity contribution in [1.82, 2.24) is 0 Å². The number of aliphatic hydroxyl groups is 1. The highest BCUT2D eigenvalue weighted by molar-refractivity contribution is 5.72. The van der Waals surface area contributed by atoms with Gasteiger partial charge in [-0.3, -0.25) is 4.79 Å². The van der Waals surface area contributed by atoms with Gasteiger partial charge in [0.15, 0.2) is 0 Å². The second-order valence-electron chi connectivity index (χ2n) is 5.07. The first kappa shape index (κ1) is 12.1. The highest BCUT2D eigenvalue weighted by Gasteiger charge is 2.30. The Morgan fingerprint density at radius 2 is 2.12 bits per heavy atom. The Morgan fingerprint density at radius 1 is 1.47 bits per heavy atom. The van der Waals surface area contributed by atoms with Crippen molar-refractivity contribution in [3.05, 3.63) is 33.9 Å². The van der Waals surface area contributed by atoms with Gasteiger partial charge in [-0.05, 0) is 54.0 Å². The van der Waals surface area contributed by atoms with Gasteiger partial charge in [-0.25, -0.2) is 0 Å². The molecule has 1 aromatic carbocycles. The first-order valence-electron chi connectivity index (χ1n) is 5.93. The van der Waals surface area contributed by atoms with Gasteiger partial charge >= 0.3 is 5.97 Å². The van der Waals surface area contributed by atoms with E-state index in [2.05, 4.69) is 0 Å². The van der Waals surface area contributed by atoms with Crippen molar-refractivity contribution < 1.29 is 15.0 Å². The maximum absolute atomic E-state index is 10.9.